The topological polar surface area (TPSA) is 46.9 Å². The van der Waals surface area contributed by atoms with Crippen LogP contribution in [0.25, 0.3) is 22.6 Å². The standard InChI is InChI=1S/C32H37N3O/c1-5-7-18-28(25-14-10-8-11-15-25)33-32(36)30-29(26-21-19-24(20-22-26)23(3)4)34-31(35(30)6-2)27-16-12-9-13-17-27/h8-17,19-23,28H,5-7,18H2,1-4H3,(H,33,36). The van der Waals surface area contributed by atoms with Gasteiger partial charge in [-0.15, -0.1) is 0 Å². The molecule has 186 valence electrons. The third kappa shape index (κ3) is 5.59. The van der Waals surface area contributed by atoms with E-state index in [0.29, 0.717) is 18.2 Å². The van der Waals surface area contributed by atoms with Crippen molar-refractivity contribution in [1.82, 2.24) is 14.9 Å². The van der Waals surface area contributed by atoms with E-state index in [1.54, 1.807) is 0 Å². The maximum atomic E-state index is 14.0. The van der Waals surface area contributed by atoms with Gasteiger partial charge >= 0.3 is 0 Å². The number of hydrogen-bond donors (Lipinski definition) is 1. The van der Waals surface area contributed by atoms with Crippen molar-refractivity contribution >= 4 is 5.91 Å². The molecule has 1 aromatic heterocycles. The molecule has 1 unspecified atom stereocenters. The lowest BCUT2D eigenvalue weighted by molar-refractivity contribution is 0.0925. The average Bonchev–Trinajstić information content (AvgIpc) is 3.32. The molecule has 0 saturated carbocycles. The van der Waals surface area contributed by atoms with Crippen molar-refractivity contribution in [2.75, 3.05) is 0 Å². The number of carbonyl (C=O) groups is 1. The molecule has 4 nitrogen and oxygen atoms in total. The minimum absolute atomic E-state index is 0.0461. The second kappa shape index (κ2) is 11.9. The number of carbonyl (C=O) groups excluding carboxylic acids is 1. The molecule has 36 heavy (non-hydrogen) atoms. The second-order valence-corrected chi connectivity index (χ2v) is 9.60. The molecule has 0 bridgehead atoms. The highest BCUT2D eigenvalue weighted by Crippen LogP contribution is 2.31. The minimum Gasteiger partial charge on any atom is -0.344 e. The molecule has 0 aliphatic rings. The number of aromatic nitrogens is 2. The van der Waals surface area contributed by atoms with Gasteiger partial charge in [-0.05, 0) is 30.4 Å². The fourth-order valence-corrected chi connectivity index (χ4v) is 4.67. The number of nitrogens with zero attached hydrogens (tertiary/aromatic N) is 2. The predicted octanol–water partition coefficient (Wildman–Crippen LogP) is 8.02. The Morgan fingerprint density at radius 3 is 2.06 bits per heavy atom. The van der Waals surface area contributed by atoms with E-state index in [2.05, 4.69) is 86.1 Å². The van der Waals surface area contributed by atoms with E-state index in [0.717, 1.165) is 47.5 Å². The molecule has 1 N–H and O–H groups in total. The summed E-state index contributed by atoms with van der Waals surface area (Å²) in [7, 11) is 0. The third-order valence-corrected chi connectivity index (χ3v) is 6.74. The first-order chi connectivity index (χ1) is 17.5. The highest BCUT2D eigenvalue weighted by molar-refractivity contribution is 5.99. The number of unbranched alkanes of at least 4 members (excludes halogenated alkanes) is 1. The van der Waals surface area contributed by atoms with Crippen molar-refractivity contribution in [3.8, 4) is 22.6 Å². The Morgan fingerprint density at radius 1 is 0.833 bits per heavy atom. The molecular weight excluding hydrogens is 442 g/mol. The SMILES string of the molecule is CCCCC(NC(=O)c1c(-c2ccc(C(C)C)cc2)nc(-c2ccccc2)n1CC)c1ccccc1. The molecule has 4 heteroatoms. The molecule has 4 rings (SSSR count). The maximum Gasteiger partial charge on any atom is 0.270 e. The number of benzene rings is 3. The zero-order chi connectivity index (χ0) is 25.5. The first kappa shape index (κ1) is 25.4. The first-order valence-corrected chi connectivity index (χ1v) is 13.2. The maximum absolute atomic E-state index is 14.0. The summed E-state index contributed by atoms with van der Waals surface area (Å²) in [6.45, 7) is 9.28. The summed E-state index contributed by atoms with van der Waals surface area (Å²) >= 11 is 0. The third-order valence-electron chi connectivity index (χ3n) is 6.74. The summed E-state index contributed by atoms with van der Waals surface area (Å²) in [5.74, 6) is 1.18. The van der Waals surface area contributed by atoms with Crippen LogP contribution in [0.5, 0.6) is 0 Å². The van der Waals surface area contributed by atoms with Crippen LogP contribution < -0.4 is 5.32 Å². The van der Waals surface area contributed by atoms with Gasteiger partial charge in [0, 0.05) is 17.7 Å². The zero-order valence-electron chi connectivity index (χ0n) is 21.9. The molecule has 1 atom stereocenters. The van der Waals surface area contributed by atoms with Gasteiger partial charge in [-0.2, -0.15) is 0 Å². The Hall–Kier alpha value is -3.66. The van der Waals surface area contributed by atoms with Crippen molar-refractivity contribution in [2.45, 2.75) is 65.5 Å². The predicted molar refractivity (Wildman–Crippen MR) is 149 cm³/mol. The van der Waals surface area contributed by atoms with E-state index in [4.69, 9.17) is 4.98 Å². The number of hydrogen-bond acceptors (Lipinski definition) is 2. The van der Waals surface area contributed by atoms with Gasteiger partial charge in [-0.25, -0.2) is 4.98 Å². The molecule has 3 aromatic carbocycles. The first-order valence-electron chi connectivity index (χ1n) is 13.2. The molecule has 1 amide bonds. The molecule has 0 spiro atoms. The quantitative estimate of drug-likeness (QED) is 0.250. The fourth-order valence-electron chi connectivity index (χ4n) is 4.67. The van der Waals surface area contributed by atoms with Crippen LogP contribution in [0.1, 0.15) is 80.5 Å². The van der Waals surface area contributed by atoms with Crippen molar-refractivity contribution in [3.05, 3.63) is 102 Å². The second-order valence-electron chi connectivity index (χ2n) is 9.60. The number of imidazole rings is 1. The average molecular weight is 480 g/mol. The van der Waals surface area contributed by atoms with Crippen LogP contribution in [-0.2, 0) is 6.54 Å². The van der Waals surface area contributed by atoms with E-state index < -0.39 is 0 Å². The number of amides is 1. The van der Waals surface area contributed by atoms with E-state index in [1.807, 2.05) is 36.4 Å². The fraction of sp³-hybridized carbons (Fsp3) is 0.312. The van der Waals surface area contributed by atoms with Gasteiger partial charge in [0.15, 0.2) is 0 Å². The van der Waals surface area contributed by atoms with E-state index in [9.17, 15) is 4.79 Å². The molecule has 0 aliphatic heterocycles. The van der Waals surface area contributed by atoms with Crippen LogP contribution in [0.2, 0.25) is 0 Å². The summed E-state index contributed by atoms with van der Waals surface area (Å²) < 4.78 is 2.05. The van der Waals surface area contributed by atoms with Crippen LogP contribution in [-0.4, -0.2) is 15.5 Å². The van der Waals surface area contributed by atoms with Gasteiger partial charge < -0.3 is 9.88 Å². The summed E-state index contributed by atoms with van der Waals surface area (Å²) in [6.07, 6.45) is 3.03. The Bertz CT molecular complexity index is 1260. The van der Waals surface area contributed by atoms with Gasteiger partial charge in [0.05, 0.1) is 6.04 Å². The Labute approximate surface area is 215 Å². The van der Waals surface area contributed by atoms with Crippen molar-refractivity contribution in [2.24, 2.45) is 0 Å². The molecule has 0 aliphatic carbocycles. The van der Waals surface area contributed by atoms with Gasteiger partial charge in [-0.1, -0.05) is 119 Å². The van der Waals surface area contributed by atoms with Gasteiger partial charge in [0.25, 0.3) is 5.91 Å². The van der Waals surface area contributed by atoms with Crippen LogP contribution >= 0.6 is 0 Å². The van der Waals surface area contributed by atoms with E-state index in [-0.39, 0.29) is 11.9 Å². The van der Waals surface area contributed by atoms with Crippen LogP contribution in [0.15, 0.2) is 84.9 Å². The largest absolute Gasteiger partial charge is 0.344 e. The molecule has 4 aromatic rings. The monoisotopic (exact) mass is 479 g/mol. The van der Waals surface area contributed by atoms with Crippen molar-refractivity contribution < 1.29 is 4.79 Å². The van der Waals surface area contributed by atoms with Crippen molar-refractivity contribution in [3.63, 3.8) is 0 Å². The summed E-state index contributed by atoms with van der Waals surface area (Å²) in [5, 5.41) is 3.36. The van der Waals surface area contributed by atoms with Gasteiger partial charge in [0.2, 0.25) is 0 Å². The van der Waals surface area contributed by atoms with Crippen LogP contribution in [0.3, 0.4) is 0 Å². The molecule has 0 radical (unpaired) electrons. The smallest absolute Gasteiger partial charge is 0.270 e. The van der Waals surface area contributed by atoms with Crippen LogP contribution in [0, 0.1) is 0 Å². The highest BCUT2D eigenvalue weighted by atomic mass is 16.2. The lowest BCUT2D eigenvalue weighted by Gasteiger charge is -2.20. The molecule has 1 heterocycles. The minimum atomic E-state index is -0.0839. The summed E-state index contributed by atoms with van der Waals surface area (Å²) in [5.41, 5.74) is 5.71. The Balaban J connectivity index is 1.80. The van der Waals surface area contributed by atoms with Gasteiger partial charge in [-0.3, -0.25) is 4.79 Å². The molecular formula is C32H37N3O. The normalized spacial score (nSPS) is 12.0. The molecule has 0 saturated heterocycles. The highest BCUT2D eigenvalue weighted by Gasteiger charge is 2.26. The number of nitrogens with one attached hydrogen (secondary N) is 1. The Kier molecular flexibility index (Phi) is 8.37. The van der Waals surface area contributed by atoms with Gasteiger partial charge in [0.1, 0.15) is 17.2 Å². The summed E-state index contributed by atoms with van der Waals surface area (Å²) in [6, 6.07) is 28.8. The molecule has 0 fully saturated rings. The lowest BCUT2D eigenvalue weighted by Crippen LogP contribution is -2.31. The van der Waals surface area contributed by atoms with E-state index >= 15 is 0 Å². The van der Waals surface area contributed by atoms with E-state index in [1.165, 1.54) is 5.56 Å². The van der Waals surface area contributed by atoms with Crippen molar-refractivity contribution in [1.29, 1.82) is 0 Å². The summed E-state index contributed by atoms with van der Waals surface area (Å²) in [4.78, 5) is 19.1. The lowest BCUT2D eigenvalue weighted by atomic mass is 9.99. The zero-order valence-corrected chi connectivity index (χ0v) is 21.9. The Morgan fingerprint density at radius 2 is 1.47 bits per heavy atom. The van der Waals surface area contributed by atoms with Crippen LogP contribution in [0.4, 0.5) is 0 Å². The number of rotatable bonds is 10.